The van der Waals surface area contributed by atoms with Crippen LogP contribution in [0, 0.1) is 0 Å². The van der Waals surface area contributed by atoms with E-state index < -0.39 is 5.38 Å². The Bertz CT molecular complexity index is 779. The van der Waals surface area contributed by atoms with E-state index >= 15 is 0 Å². The van der Waals surface area contributed by atoms with Gasteiger partial charge in [0.25, 0.3) is 0 Å². The van der Waals surface area contributed by atoms with Gasteiger partial charge in [0.15, 0.2) is 5.82 Å². The van der Waals surface area contributed by atoms with Crippen LogP contribution >= 0.6 is 11.6 Å². The number of nitrogens with zero attached hydrogens (tertiary/aromatic N) is 4. The van der Waals surface area contributed by atoms with Gasteiger partial charge in [-0.2, -0.15) is 0 Å². The van der Waals surface area contributed by atoms with Crippen molar-refractivity contribution in [3.63, 3.8) is 0 Å². The topological polar surface area (TPSA) is 49.3 Å². The summed E-state index contributed by atoms with van der Waals surface area (Å²) in [6.07, 6.45) is 1.75. The SMILES string of the molecule is CCCN(C)c1nc(-c2ccccc2)nc2c1CN(C(=O)[C@@H](C)Cl)CC2. The highest BCUT2D eigenvalue weighted by molar-refractivity contribution is 6.30. The van der Waals surface area contributed by atoms with Crippen molar-refractivity contribution in [2.45, 2.75) is 38.6 Å². The van der Waals surface area contributed by atoms with E-state index in [1.54, 1.807) is 6.92 Å². The van der Waals surface area contributed by atoms with Crippen LogP contribution in [-0.4, -0.2) is 46.3 Å². The fourth-order valence-corrected chi connectivity index (χ4v) is 3.45. The molecule has 1 aliphatic rings. The average molecular weight is 373 g/mol. The Hall–Kier alpha value is -2.14. The molecule has 138 valence electrons. The van der Waals surface area contributed by atoms with Gasteiger partial charge in [-0.15, -0.1) is 11.6 Å². The maximum atomic E-state index is 12.3. The molecule has 0 bridgehead atoms. The first-order chi connectivity index (χ1) is 12.5. The van der Waals surface area contributed by atoms with Gasteiger partial charge in [0, 0.05) is 37.7 Å². The number of hydrogen-bond donors (Lipinski definition) is 0. The molecular weight excluding hydrogens is 348 g/mol. The Balaban J connectivity index is 2.03. The maximum absolute atomic E-state index is 12.3. The molecule has 0 aliphatic carbocycles. The Kier molecular flexibility index (Phi) is 5.77. The average Bonchev–Trinajstić information content (AvgIpc) is 2.66. The number of halogens is 1. The molecule has 5 nitrogen and oxygen atoms in total. The third kappa shape index (κ3) is 3.83. The Labute approximate surface area is 160 Å². The van der Waals surface area contributed by atoms with Crippen LogP contribution < -0.4 is 4.90 Å². The minimum absolute atomic E-state index is 0.0338. The van der Waals surface area contributed by atoms with Crippen molar-refractivity contribution in [1.29, 1.82) is 0 Å². The van der Waals surface area contributed by atoms with Crippen molar-refractivity contribution in [3.8, 4) is 11.4 Å². The van der Waals surface area contributed by atoms with Crippen LogP contribution in [0.5, 0.6) is 0 Å². The molecule has 0 spiro atoms. The zero-order valence-electron chi connectivity index (χ0n) is 15.6. The summed E-state index contributed by atoms with van der Waals surface area (Å²) in [5, 5.41) is -0.516. The third-order valence-electron chi connectivity index (χ3n) is 4.64. The summed E-state index contributed by atoms with van der Waals surface area (Å²) in [7, 11) is 2.05. The zero-order chi connectivity index (χ0) is 18.7. The number of carbonyl (C=O) groups is 1. The van der Waals surface area contributed by atoms with Crippen molar-refractivity contribution in [3.05, 3.63) is 41.6 Å². The molecule has 0 fully saturated rings. The molecule has 0 saturated carbocycles. The number of alkyl halides is 1. The molecule has 2 heterocycles. The van der Waals surface area contributed by atoms with E-state index in [4.69, 9.17) is 21.6 Å². The molecule has 1 atom stereocenters. The fraction of sp³-hybridized carbons (Fsp3) is 0.450. The molecule has 1 aromatic carbocycles. The Morgan fingerprint density at radius 3 is 2.69 bits per heavy atom. The van der Waals surface area contributed by atoms with Crippen molar-refractivity contribution >= 4 is 23.3 Å². The summed E-state index contributed by atoms with van der Waals surface area (Å²) < 4.78 is 0. The quantitative estimate of drug-likeness (QED) is 0.754. The van der Waals surface area contributed by atoms with Crippen LogP contribution in [0.25, 0.3) is 11.4 Å². The normalized spacial score (nSPS) is 14.7. The highest BCUT2D eigenvalue weighted by Gasteiger charge is 2.28. The smallest absolute Gasteiger partial charge is 0.240 e. The van der Waals surface area contributed by atoms with E-state index in [0.717, 1.165) is 47.8 Å². The van der Waals surface area contributed by atoms with E-state index in [1.807, 2.05) is 42.3 Å². The third-order valence-corrected chi connectivity index (χ3v) is 4.83. The lowest BCUT2D eigenvalue weighted by molar-refractivity contribution is -0.131. The molecule has 1 aliphatic heterocycles. The molecule has 0 radical (unpaired) electrons. The summed E-state index contributed by atoms with van der Waals surface area (Å²) in [6.45, 7) is 5.93. The summed E-state index contributed by atoms with van der Waals surface area (Å²) in [5.74, 6) is 1.62. The molecule has 3 rings (SSSR count). The van der Waals surface area contributed by atoms with Crippen molar-refractivity contribution in [1.82, 2.24) is 14.9 Å². The first kappa shape index (κ1) is 18.6. The predicted octanol–water partition coefficient (Wildman–Crippen LogP) is 3.50. The second-order valence-corrected chi connectivity index (χ2v) is 7.36. The molecular formula is C20H25ClN4O. The number of fused-ring (bicyclic) bond motifs is 1. The first-order valence-electron chi connectivity index (χ1n) is 9.10. The minimum Gasteiger partial charge on any atom is -0.359 e. The van der Waals surface area contributed by atoms with Gasteiger partial charge in [-0.3, -0.25) is 4.79 Å². The van der Waals surface area contributed by atoms with E-state index in [0.29, 0.717) is 13.1 Å². The Morgan fingerprint density at radius 2 is 2.04 bits per heavy atom. The maximum Gasteiger partial charge on any atom is 0.240 e. The van der Waals surface area contributed by atoms with Crippen LogP contribution in [0.4, 0.5) is 5.82 Å². The number of aromatic nitrogens is 2. The predicted molar refractivity (Wildman–Crippen MR) is 105 cm³/mol. The highest BCUT2D eigenvalue weighted by Crippen LogP contribution is 2.29. The number of rotatable bonds is 5. The van der Waals surface area contributed by atoms with Gasteiger partial charge >= 0.3 is 0 Å². The molecule has 0 N–H and O–H groups in total. The molecule has 26 heavy (non-hydrogen) atoms. The molecule has 0 saturated heterocycles. The van der Waals surface area contributed by atoms with E-state index in [1.165, 1.54) is 0 Å². The molecule has 1 amide bonds. The van der Waals surface area contributed by atoms with Crippen LogP contribution in [0.3, 0.4) is 0 Å². The number of hydrogen-bond acceptors (Lipinski definition) is 4. The Morgan fingerprint density at radius 1 is 1.31 bits per heavy atom. The lowest BCUT2D eigenvalue weighted by atomic mass is 10.0. The van der Waals surface area contributed by atoms with Gasteiger partial charge in [-0.05, 0) is 13.3 Å². The fourth-order valence-electron chi connectivity index (χ4n) is 3.31. The zero-order valence-corrected chi connectivity index (χ0v) is 16.3. The number of carbonyl (C=O) groups excluding carboxylic acids is 1. The second kappa shape index (κ2) is 8.04. The molecule has 0 unspecified atom stereocenters. The van der Waals surface area contributed by atoms with Crippen LogP contribution in [-0.2, 0) is 17.8 Å². The van der Waals surface area contributed by atoms with Gasteiger partial charge in [0.05, 0.1) is 12.2 Å². The largest absolute Gasteiger partial charge is 0.359 e. The minimum atomic E-state index is -0.516. The molecule has 1 aromatic heterocycles. The van der Waals surface area contributed by atoms with Gasteiger partial charge in [0.1, 0.15) is 11.2 Å². The van der Waals surface area contributed by atoms with Crippen molar-refractivity contribution in [2.75, 3.05) is 25.0 Å². The summed E-state index contributed by atoms with van der Waals surface area (Å²) in [4.78, 5) is 26.0. The van der Waals surface area contributed by atoms with Crippen LogP contribution in [0.1, 0.15) is 31.5 Å². The first-order valence-corrected chi connectivity index (χ1v) is 9.54. The van der Waals surface area contributed by atoms with Gasteiger partial charge in [-0.1, -0.05) is 37.3 Å². The summed E-state index contributed by atoms with van der Waals surface area (Å²) in [6, 6.07) is 10.0. The summed E-state index contributed by atoms with van der Waals surface area (Å²) in [5.41, 5.74) is 3.08. The monoisotopic (exact) mass is 372 g/mol. The molecule has 6 heteroatoms. The van der Waals surface area contributed by atoms with Crippen molar-refractivity contribution in [2.24, 2.45) is 0 Å². The highest BCUT2D eigenvalue weighted by atomic mass is 35.5. The standard InChI is InChI=1S/C20H25ClN4O/c1-4-11-24(3)19-16-13-25(20(26)14(2)21)12-10-17(16)22-18(23-19)15-8-6-5-7-9-15/h5-9,14H,4,10-13H2,1-3H3/t14-/m1/s1. The van der Waals surface area contributed by atoms with Gasteiger partial charge in [0.2, 0.25) is 5.91 Å². The number of benzene rings is 1. The van der Waals surface area contributed by atoms with E-state index in [-0.39, 0.29) is 5.91 Å². The van der Waals surface area contributed by atoms with Crippen LogP contribution in [0.2, 0.25) is 0 Å². The summed E-state index contributed by atoms with van der Waals surface area (Å²) >= 11 is 6.01. The lowest BCUT2D eigenvalue weighted by Gasteiger charge is -2.32. The van der Waals surface area contributed by atoms with Crippen LogP contribution in [0.15, 0.2) is 30.3 Å². The number of anilines is 1. The number of amides is 1. The van der Waals surface area contributed by atoms with E-state index in [2.05, 4.69) is 11.8 Å². The van der Waals surface area contributed by atoms with Gasteiger partial charge in [-0.25, -0.2) is 9.97 Å². The van der Waals surface area contributed by atoms with E-state index in [9.17, 15) is 4.79 Å². The van der Waals surface area contributed by atoms with Crippen molar-refractivity contribution < 1.29 is 4.79 Å². The molecule has 2 aromatic rings. The van der Waals surface area contributed by atoms with Gasteiger partial charge < -0.3 is 9.80 Å². The lowest BCUT2D eigenvalue weighted by Crippen LogP contribution is -2.40. The second-order valence-electron chi connectivity index (χ2n) is 6.71.